The number of ketones is 1. The van der Waals surface area contributed by atoms with E-state index < -0.39 is 10.0 Å². The maximum absolute atomic E-state index is 12.9. The quantitative estimate of drug-likeness (QED) is 0.280. The van der Waals surface area contributed by atoms with Crippen LogP contribution in [0.2, 0.25) is 0 Å². The van der Waals surface area contributed by atoms with Gasteiger partial charge < -0.3 is 13.9 Å². The molecule has 0 unspecified atom stereocenters. The summed E-state index contributed by atoms with van der Waals surface area (Å²) in [4.78, 5) is 17.5. The Morgan fingerprint density at radius 3 is 2.61 bits per heavy atom. The van der Waals surface area contributed by atoms with Crippen LogP contribution in [0.5, 0.6) is 0 Å². The van der Waals surface area contributed by atoms with Crippen molar-refractivity contribution in [2.24, 2.45) is 5.14 Å². The van der Waals surface area contributed by atoms with Gasteiger partial charge in [0.05, 0.1) is 21.7 Å². The van der Waals surface area contributed by atoms with Gasteiger partial charge in [-0.05, 0) is 51.5 Å². The molecule has 0 bridgehead atoms. The van der Waals surface area contributed by atoms with Crippen LogP contribution >= 0.6 is 11.8 Å². The van der Waals surface area contributed by atoms with Crippen molar-refractivity contribution < 1.29 is 17.9 Å². The van der Waals surface area contributed by atoms with E-state index in [0.29, 0.717) is 23.8 Å². The first kappa shape index (κ1) is 23.5. The highest BCUT2D eigenvalue weighted by Gasteiger charge is 2.19. The molecule has 0 aliphatic carbocycles. The minimum atomic E-state index is -3.80. The van der Waals surface area contributed by atoms with Gasteiger partial charge in [-0.15, -0.1) is 0 Å². The molecule has 3 aromatic rings. The molecule has 3 rings (SSSR count). The van der Waals surface area contributed by atoms with E-state index in [9.17, 15) is 13.2 Å². The molecule has 0 saturated heterocycles. The summed E-state index contributed by atoms with van der Waals surface area (Å²) in [6.07, 6.45) is 0.885. The summed E-state index contributed by atoms with van der Waals surface area (Å²) in [5, 5.41) is 5.91. The van der Waals surface area contributed by atoms with E-state index >= 15 is 0 Å². The molecule has 0 radical (unpaired) electrons. The smallest absolute Gasteiger partial charge is 0.238 e. The van der Waals surface area contributed by atoms with E-state index in [2.05, 4.69) is 9.55 Å². The molecule has 0 amide bonds. The molecule has 0 fully saturated rings. The zero-order chi connectivity index (χ0) is 22.8. The third-order valence-electron chi connectivity index (χ3n) is 5.27. The molecular weight excluding hydrogens is 436 g/mol. The number of aromatic nitrogens is 3. The first-order valence-corrected chi connectivity index (χ1v) is 12.5. The molecular formula is C21H28N4O4S2. The van der Waals surface area contributed by atoms with E-state index in [-0.39, 0.29) is 16.4 Å². The average molecular weight is 465 g/mol. The molecule has 0 spiro atoms. The number of carbonyl (C=O) groups is 1. The maximum Gasteiger partial charge on any atom is 0.238 e. The van der Waals surface area contributed by atoms with Crippen molar-refractivity contribution in [3.63, 3.8) is 0 Å². The van der Waals surface area contributed by atoms with Crippen molar-refractivity contribution in [1.29, 1.82) is 0 Å². The molecule has 10 heteroatoms. The summed E-state index contributed by atoms with van der Waals surface area (Å²) in [5.74, 6) is 0.282. The number of ether oxygens (including phenoxy) is 1. The van der Waals surface area contributed by atoms with Gasteiger partial charge in [-0.1, -0.05) is 11.8 Å². The van der Waals surface area contributed by atoms with Crippen molar-refractivity contribution in [3.05, 3.63) is 41.2 Å². The molecule has 2 N–H and O–H groups in total. The van der Waals surface area contributed by atoms with E-state index in [1.165, 1.54) is 23.9 Å². The first-order chi connectivity index (χ1) is 14.7. The standard InChI is InChI=1S/C21H28N4O4S2/c1-5-24-19-8-7-16(31(22,27)28)12-18(19)23-21(24)30-13-20(26)17-11-14(2)25(15(17)3)9-6-10-29-4/h7-8,11-12H,5-6,9-10,13H2,1-4H3,(H2,22,27,28). The normalized spacial score (nSPS) is 12.0. The third kappa shape index (κ3) is 5.03. The Balaban J connectivity index is 1.81. The Morgan fingerprint density at radius 1 is 1.23 bits per heavy atom. The lowest BCUT2D eigenvalue weighted by atomic mass is 10.2. The van der Waals surface area contributed by atoms with Crippen LogP contribution in [-0.2, 0) is 27.8 Å². The Kier molecular flexibility index (Phi) is 7.25. The molecule has 8 nitrogen and oxygen atoms in total. The Labute approximate surface area is 186 Å². The Bertz CT molecular complexity index is 1210. The van der Waals surface area contributed by atoms with Gasteiger partial charge in [0.2, 0.25) is 10.0 Å². The molecule has 0 saturated carbocycles. The molecule has 31 heavy (non-hydrogen) atoms. The second-order valence-electron chi connectivity index (χ2n) is 7.33. The number of nitrogens with two attached hydrogens (primary N) is 1. The van der Waals surface area contributed by atoms with Crippen molar-refractivity contribution in [1.82, 2.24) is 14.1 Å². The zero-order valence-corrected chi connectivity index (χ0v) is 19.8. The van der Waals surface area contributed by atoms with E-state index in [1.54, 1.807) is 13.2 Å². The third-order valence-corrected chi connectivity index (χ3v) is 7.15. The summed E-state index contributed by atoms with van der Waals surface area (Å²) >= 11 is 1.35. The lowest BCUT2D eigenvalue weighted by Crippen LogP contribution is -2.11. The van der Waals surface area contributed by atoms with Gasteiger partial charge in [0, 0.05) is 43.8 Å². The predicted molar refractivity (Wildman–Crippen MR) is 122 cm³/mol. The number of benzene rings is 1. The average Bonchev–Trinajstić information content (AvgIpc) is 3.22. The minimum absolute atomic E-state index is 0.0225. The van der Waals surface area contributed by atoms with Gasteiger partial charge in [0.1, 0.15) is 0 Å². The number of carbonyl (C=O) groups excluding carboxylic acids is 1. The van der Waals surface area contributed by atoms with Gasteiger partial charge in [-0.25, -0.2) is 18.5 Å². The Hall–Kier alpha value is -2.14. The Morgan fingerprint density at radius 2 is 1.97 bits per heavy atom. The molecule has 1 aromatic carbocycles. The fraction of sp³-hybridized carbons (Fsp3) is 0.429. The highest BCUT2D eigenvalue weighted by molar-refractivity contribution is 7.99. The fourth-order valence-electron chi connectivity index (χ4n) is 3.68. The number of thioether (sulfide) groups is 1. The lowest BCUT2D eigenvalue weighted by Gasteiger charge is -2.09. The number of hydrogen-bond donors (Lipinski definition) is 1. The van der Waals surface area contributed by atoms with Crippen molar-refractivity contribution in [3.8, 4) is 0 Å². The molecule has 2 aromatic heterocycles. The SMILES string of the molecule is CCn1c(SCC(=O)c2cc(C)n(CCCOC)c2C)nc2cc(S(N)(=O)=O)ccc21. The number of rotatable bonds is 10. The number of Topliss-reactive ketones (excluding diaryl/α,β-unsaturated/α-hetero) is 1. The summed E-state index contributed by atoms with van der Waals surface area (Å²) in [6.45, 7) is 8.08. The fourth-order valence-corrected chi connectivity index (χ4v) is 5.18. The van der Waals surface area contributed by atoms with E-state index in [0.717, 1.165) is 35.4 Å². The van der Waals surface area contributed by atoms with Crippen molar-refractivity contribution in [2.45, 2.75) is 50.3 Å². The van der Waals surface area contributed by atoms with Crippen molar-refractivity contribution in [2.75, 3.05) is 19.5 Å². The van der Waals surface area contributed by atoms with E-state index in [1.807, 2.05) is 31.4 Å². The number of sulfonamides is 1. The summed E-state index contributed by atoms with van der Waals surface area (Å²) in [6, 6.07) is 6.58. The summed E-state index contributed by atoms with van der Waals surface area (Å²) < 4.78 is 32.5. The highest BCUT2D eigenvalue weighted by Crippen LogP contribution is 2.27. The number of imidazole rings is 1. The van der Waals surface area contributed by atoms with Gasteiger partial charge in [-0.2, -0.15) is 0 Å². The monoisotopic (exact) mass is 464 g/mol. The van der Waals surface area contributed by atoms with Crippen LogP contribution in [0.15, 0.2) is 34.3 Å². The summed E-state index contributed by atoms with van der Waals surface area (Å²) in [5.41, 5.74) is 4.08. The number of fused-ring (bicyclic) bond motifs is 1. The van der Waals surface area contributed by atoms with Crippen LogP contribution < -0.4 is 5.14 Å². The molecule has 0 atom stereocenters. The highest BCUT2D eigenvalue weighted by atomic mass is 32.2. The van der Waals surface area contributed by atoms with Gasteiger partial charge in [-0.3, -0.25) is 4.79 Å². The molecule has 0 aliphatic heterocycles. The lowest BCUT2D eigenvalue weighted by molar-refractivity contribution is 0.102. The number of aryl methyl sites for hydroxylation is 2. The van der Waals surface area contributed by atoms with Crippen LogP contribution in [0.1, 0.15) is 35.1 Å². The molecule has 2 heterocycles. The van der Waals surface area contributed by atoms with Crippen LogP contribution in [0.3, 0.4) is 0 Å². The van der Waals surface area contributed by atoms with Gasteiger partial charge in [0.15, 0.2) is 10.9 Å². The molecule has 168 valence electrons. The second kappa shape index (κ2) is 9.56. The van der Waals surface area contributed by atoms with Gasteiger partial charge in [0.25, 0.3) is 0 Å². The van der Waals surface area contributed by atoms with E-state index in [4.69, 9.17) is 9.88 Å². The van der Waals surface area contributed by atoms with Crippen LogP contribution in [0.4, 0.5) is 0 Å². The number of hydrogen-bond acceptors (Lipinski definition) is 6. The van der Waals surface area contributed by atoms with Crippen LogP contribution in [0.25, 0.3) is 11.0 Å². The van der Waals surface area contributed by atoms with Crippen LogP contribution in [0, 0.1) is 13.8 Å². The maximum atomic E-state index is 12.9. The van der Waals surface area contributed by atoms with Gasteiger partial charge >= 0.3 is 0 Å². The largest absolute Gasteiger partial charge is 0.385 e. The summed E-state index contributed by atoms with van der Waals surface area (Å²) in [7, 11) is -2.12. The predicted octanol–water partition coefficient (Wildman–Crippen LogP) is 3.13. The topological polar surface area (TPSA) is 109 Å². The second-order valence-corrected chi connectivity index (χ2v) is 9.83. The number of primary sulfonamides is 1. The number of methoxy groups -OCH3 is 1. The minimum Gasteiger partial charge on any atom is -0.385 e. The molecule has 0 aliphatic rings. The zero-order valence-electron chi connectivity index (χ0n) is 18.2. The van der Waals surface area contributed by atoms with Crippen molar-refractivity contribution >= 4 is 38.6 Å². The first-order valence-electron chi connectivity index (χ1n) is 10.0. The number of nitrogens with zero attached hydrogens (tertiary/aromatic N) is 3. The van der Waals surface area contributed by atoms with Crippen LogP contribution in [-0.4, -0.2) is 47.8 Å².